The molecule has 0 aliphatic carbocycles. The summed E-state index contributed by atoms with van der Waals surface area (Å²) in [7, 11) is 0. The van der Waals surface area contributed by atoms with Crippen LogP contribution in [0.5, 0.6) is 0 Å². The predicted molar refractivity (Wildman–Crippen MR) is 83.2 cm³/mol. The molecule has 0 spiro atoms. The van der Waals surface area contributed by atoms with Gasteiger partial charge >= 0.3 is 0 Å². The van der Waals surface area contributed by atoms with Gasteiger partial charge in [-0.1, -0.05) is 30.3 Å². The maximum atomic E-state index is 7.71. The maximum absolute atomic E-state index is 7.71. The number of nitrogen functional groups attached to an aromatic ring is 1. The lowest BCUT2D eigenvalue weighted by molar-refractivity contribution is 0.809. The maximum Gasteiger partial charge on any atom is 0.140 e. The Morgan fingerprint density at radius 2 is 1.90 bits per heavy atom. The van der Waals surface area contributed by atoms with E-state index in [1.54, 1.807) is 0 Å². The molecule has 1 aromatic heterocycles. The van der Waals surface area contributed by atoms with E-state index < -0.39 is 0 Å². The first kappa shape index (κ1) is 14.1. The third kappa shape index (κ3) is 3.15. The highest BCUT2D eigenvalue weighted by Gasteiger charge is 2.14. The third-order valence-electron chi connectivity index (χ3n) is 3.20. The topological polar surface area (TPSA) is 66.0 Å². The zero-order chi connectivity index (χ0) is 14.5. The number of nitrogens with zero attached hydrogens (tertiary/aromatic N) is 2. The minimum atomic E-state index is 0.0546. The number of amidine groups is 1. The van der Waals surface area contributed by atoms with Crippen molar-refractivity contribution >= 4 is 11.7 Å². The Morgan fingerprint density at radius 3 is 2.50 bits per heavy atom. The molecule has 104 valence electrons. The molecule has 20 heavy (non-hydrogen) atoms. The number of nitrogens with one attached hydrogen (secondary N) is 1. The van der Waals surface area contributed by atoms with Crippen LogP contribution >= 0.6 is 0 Å². The van der Waals surface area contributed by atoms with E-state index in [1.807, 2.05) is 37.3 Å². The second kappa shape index (κ2) is 6.19. The number of hydrogen-bond acceptors (Lipinski definition) is 3. The summed E-state index contributed by atoms with van der Waals surface area (Å²) < 4.78 is 0. The molecule has 4 heteroatoms. The van der Waals surface area contributed by atoms with Gasteiger partial charge in [-0.25, -0.2) is 4.98 Å². The van der Waals surface area contributed by atoms with E-state index in [0.717, 1.165) is 24.6 Å². The lowest BCUT2D eigenvalue weighted by Gasteiger charge is -2.24. The zero-order valence-electron chi connectivity index (χ0n) is 11.9. The van der Waals surface area contributed by atoms with Crippen LogP contribution in [0.4, 0.5) is 5.82 Å². The van der Waals surface area contributed by atoms with Gasteiger partial charge in [0.05, 0.1) is 5.56 Å². The Kier molecular flexibility index (Phi) is 4.35. The average molecular weight is 268 g/mol. The molecule has 0 unspecified atom stereocenters. The first-order chi connectivity index (χ1) is 9.61. The predicted octanol–water partition coefficient (Wildman–Crippen LogP) is 2.70. The minimum absolute atomic E-state index is 0.0546. The Hall–Kier alpha value is -2.36. The highest BCUT2D eigenvalue weighted by molar-refractivity contribution is 5.99. The van der Waals surface area contributed by atoms with Crippen LogP contribution < -0.4 is 10.6 Å². The number of hydrogen-bond donors (Lipinski definition) is 2. The van der Waals surface area contributed by atoms with Gasteiger partial charge in [-0.05, 0) is 31.5 Å². The van der Waals surface area contributed by atoms with Gasteiger partial charge < -0.3 is 10.6 Å². The normalized spacial score (nSPS) is 10.3. The van der Waals surface area contributed by atoms with E-state index in [2.05, 4.69) is 28.9 Å². The quantitative estimate of drug-likeness (QED) is 0.647. The molecule has 0 amide bonds. The molecule has 0 saturated heterocycles. The lowest BCUT2D eigenvalue weighted by atomic mass is 10.1. The van der Waals surface area contributed by atoms with Gasteiger partial charge in [-0.2, -0.15) is 0 Å². The summed E-state index contributed by atoms with van der Waals surface area (Å²) in [5.74, 6) is 0.836. The molecule has 1 aromatic carbocycles. The molecule has 0 saturated carbocycles. The Labute approximate surface area is 119 Å². The van der Waals surface area contributed by atoms with Gasteiger partial charge in [0.1, 0.15) is 11.7 Å². The largest absolute Gasteiger partial charge is 0.384 e. The highest BCUT2D eigenvalue weighted by atomic mass is 15.2. The van der Waals surface area contributed by atoms with Crippen molar-refractivity contribution in [2.24, 2.45) is 5.73 Å². The molecule has 0 atom stereocenters. The van der Waals surface area contributed by atoms with Gasteiger partial charge in [-0.3, -0.25) is 5.41 Å². The van der Waals surface area contributed by atoms with Crippen LogP contribution in [0, 0.1) is 12.3 Å². The van der Waals surface area contributed by atoms with Crippen molar-refractivity contribution in [1.82, 2.24) is 4.98 Å². The summed E-state index contributed by atoms with van der Waals surface area (Å²) in [6.45, 7) is 5.60. The number of anilines is 1. The van der Waals surface area contributed by atoms with Crippen molar-refractivity contribution in [2.45, 2.75) is 20.4 Å². The summed E-state index contributed by atoms with van der Waals surface area (Å²) in [6, 6.07) is 14.0. The van der Waals surface area contributed by atoms with Crippen LogP contribution in [-0.2, 0) is 6.54 Å². The van der Waals surface area contributed by atoms with Crippen molar-refractivity contribution < 1.29 is 0 Å². The number of aryl methyl sites for hydroxylation is 1. The number of nitrogens with two attached hydrogens (primary N) is 1. The van der Waals surface area contributed by atoms with Crippen molar-refractivity contribution in [2.75, 3.05) is 11.4 Å². The number of pyridine rings is 1. The zero-order valence-corrected chi connectivity index (χ0v) is 11.9. The summed E-state index contributed by atoms with van der Waals surface area (Å²) in [4.78, 5) is 6.70. The van der Waals surface area contributed by atoms with Gasteiger partial charge in [0.25, 0.3) is 0 Å². The Balaban J connectivity index is 2.36. The van der Waals surface area contributed by atoms with Crippen molar-refractivity contribution in [1.29, 1.82) is 5.41 Å². The molecule has 2 rings (SSSR count). The second-order valence-corrected chi connectivity index (χ2v) is 4.74. The lowest BCUT2D eigenvalue weighted by Crippen LogP contribution is -2.27. The third-order valence-corrected chi connectivity index (χ3v) is 3.20. The molecule has 0 aliphatic rings. The van der Waals surface area contributed by atoms with Crippen molar-refractivity contribution in [3.8, 4) is 0 Å². The molecule has 0 fully saturated rings. The van der Waals surface area contributed by atoms with Gasteiger partial charge in [0.2, 0.25) is 0 Å². The standard InChI is InChI=1S/C16H20N4/c1-3-20(11-13-7-5-4-6-8-13)16-14(15(17)18)10-9-12(2)19-16/h4-10H,3,11H2,1-2H3,(H3,17,18). The number of aromatic nitrogens is 1. The summed E-state index contributed by atoms with van der Waals surface area (Å²) >= 11 is 0. The highest BCUT2D eigenvalue weighted by Crippen LogP contribution is 2.20. The van der Waals surface area contributed by atoms with Crippen molar-refractivity contribution in [3.05, 3.63) is 59.3 Å². The first-order valence-electron chi connectivity index (χ1n) is 6.72. The average Bonchev–Trinajstić information content (AvgIpc) is 2.45. The van der Waals surface area contributed by atoms with E-state index in [4.69, 9.17) is 11.1 Å². The molecular weight excluding hydrogens is 248 g/mol. The molecule has 3 N–H and O–H groups in total. The minimum Gasteiger partial charge on any atom is -0.384 e. The van der Waals surface area contributed by atoms with Gasteiger partial charge in [0.15, 0.2) is 0 Å². The second-order valence-electron chi connectivity index (χ2n) is 4.74. The molecule has 0 bridgehead atoms. The smallest absolute Gasteiger partial charge is 0.140 e. The first-order valence-corrected chi connectivity index (χ1v) is 6.72. The Morgan fingerprint density at radius 1 is 1.20 bits per heavy atom. The van der Waals surface area contributed by atoms with E-state index in [-0.39, 0.29) is 5.84 Å². The van der Waals surface area contributed by atoms with Crippen LogP contribution in [0.2, 0.25) is 0 Å². The summed E-state index contributed by atoms with van der Waals surface area (Å²) in [5.41, 5.74) is 8.50. The molecule has 2 aromatic rings. The fraction of sp³-hybridized carbons (Fsp3) is 0.250. The van der Waals surface area contributed by atoms with Crippen LogP contribution in [0.1, 0.15) is 23.7 Å². The molecule has 0 radical (unpaired) electrons. The molecule has 1 heterocycles. The van der Waals surface area contributed by atoms with Crippen LogP contribution in [-0.4, -0.2) is 17.4 Å². The molecule has 4 nitrogen and oxygen atoms in total. The van der Waals surface area contributed by atoms with Crippen molar-refractivity contribution in [3.63, 3.8) is 0 Å². The van der Waals surface area contributed by atoms with Crippen LogP contribution in [0.25, 0.3) is 0 Å². The fourth-order valence-electron chi connectivity index (χ4n) is 2.13. The van der Waals surface area contributed by atoms with E-state index in [0.29, 0.717) is 5.56 Å². The van der Waals surface area contributed by atoms with E-state index >= 15 is 0 Å². The monoisotopic (exact) mass is 268 g/mol. The summed E-state index contributed by atoms with van der Waals surface area (Å²) in [6.07, 6.45) is 0. The van der Waals surface area contributed by atoms with Crippen LogP contribution in [0.3, 0.4) is 0 Å². The number of rotatable bonds is 5. The Bertz CT molecular complexity index is 593. The van der Waals surface area contributed by atoms with Crippen LogP contribution in [0.15, 0.2) is 42.5 Å². The van der Waals surface area contributed by atoms with Gasteiger partial charge in [0, 0.05) is 18.8 Å². The SMILES string of the molecule is CCN(Cc1ccccc1)c1nc(C)ccc1C(=N)N. The molecule has 0 aliphatic heterocycles. The summed E-state index contributed by atoms with van der Waals surface area (Å²) in [5, 5.41) is 7.71. The number of benzene rings is 1. The fourth-order valence-corrected chi connectivity index (χ4v) is 2.13. The van der Waals surface area contributed by atoms with E-state index in [1.165, 1.54) is 5.56 Å². The van der Waals surface area contributed by atoms with Gasteiger partial charge in [-0.15, -0.1) is 0 Å². The molecular formula is C16H20N4. The van der Waals surface area contributed by atoms with E-state index in [9.17, 15) is 0 Å².